The fourth-order valence-electron chi connectivity index (χ4n) is 3.43. The highest BCUT2D eigenvalue weighted by Crippen LogP contribution is 2.39. The Bertz CT molecular complexity index is 1250. The van der Waals surface area contributed by atoms with Crippen LogP contribution in [0.25, 0.3) is 0 Å². The number of aliphatic imine (C=N–C) groups is 1. The number of phenolic OH excluding ortho intramolecular Hbond substituents is 1. The van der Waals surface area contributed by atoms with E-state index in [0.29, 0.717) is 17.4 Å². The third-order valence-electron chi connectivity index (χ3n) is 5.24. The normalized spacial score (nSPS) is 14.1. The molecule has 4 rings (SSSR count). The molecule has 0 fully saturated rings. The first-order valence-electron chi connectivity index (χ1n) is 11.1. The van der Waals surface area contributed by atoms with Crippen molar-refractivity contribution in [3.63, 3.8) is 0 Å². The number of rotatable bonds is 8. The zero-order chi connectivity index (χ0) is 27.7. The van der Waals surface area contributed by atoms with E-state index in [-0.39, 0.29) is 0 Å². The Balaban J connectivity index is 0.000000223. The number of hydrogen-bond acceptors (Lipinski definition) is 10. The molecule has 198 valence electrons. The molecule has 0 saturated carbocycles. The lowest BCUT2D eigenvalue weighted by molar-refractivity contribution is -0.404. The van der Waals surface area contributed by atoms with E-state index in [0.717, 1.165) is 24.1 Å². The standard InChI is InChI=1S/C18H19IN2S.C6H3N3O7/c19-11-17-12-20-18(22-17)21(13-15-7-3-1-4-8-15)14-16-9-5-2-6-10-16;10-6-4(8(13)14)1-3(7(11)12)2-5(6)9(15)16/h1-10,17H,11-14H2;1-2,10H. The van der Waals surface area contributed by atoms with Crippen LogP contribution >= 0.6 is 34.4 Å². The molecule has 0 spiro atoms. The number of amidine groups is 1. The van der Waals surface area contributed by atoms with Gasteiger partial charge in [0.05, 0.1) is 33.4 Å². The van der Waals surface area contributed by atoms with Crippen molar-refractivity contribution in [3.8, 4) is 5.75 Å². The first kappa shape index (κ1) is 28.8. The molecule has 1 atom stereocenters. The van der Waals surface area contributed by atoms with Crippen molar-refractivity contribution in [2.75, 3.05) is 11.0 Å². The van der Waals surface area contributed by atoms with Crippen molar-refractivity contribution in [2.24, 2.45) is 4.99 Å². The van der Waals surface area contributed by atoms with Crippen LogP contribution < -0.4 is 0 Å². The molecule has 14 heteroatoms. The molecule has 0 aromatic heterocycles. The van der Waals surface area contributed by atoms with Gasteiger partial charge in [-0.2, -0.15) is 0 Å². The molecule has 0 amide bonds. The van der Waals surface area contributed by atoms with Crippen LogP contribution in [0.15, 0.2) is 77.8 Å². The first-order valence-corrected chi connectivity index (χ1v) is 13.5. The summed E-state index contributed by atoms with van der Waals surface area (Å²) < 4.78 is 1.15. The summed E-state index contributed by atoms with van der Waals surface area (Å²) in [5, 5.41) is 42.0. The summed E-state index contributed by atoms with van der Waals surface area (Å²) in [4.78, 5) is 35.0. The van der Waals surface area contributed by atoms with Gasteiger partial charge >= 0.3 is 11.4 Å². The number of alkyl halides is 1. The zero-order valence-corrected chi connectivity index (χ0v) is 22.7. The van der Waals surface area contributed by atoms with Crippen LogP contribution in [-0.2, 0) is 13.1 Å². The van der Waals surface area contributed by atoms with E-state index in [1.165, 1.54) is 16.3 Å². The molecule has 1 N–H and O–H groups in total. The van der Waals surface area contributed by atoms with Crippen molar-refractivity contribution in [2.45, 2.75) is 18.3 Å². The molecule has 1 unspecified atom stereocenters. The summed E-state index contributed by atoms with van der Waals surface area (Å²) in [6.45, 7) is 2.77. The Morgan fingerprint density at radius 2 is 1.34 bits per heavy atom. The van der Waals surface area contributed by atoms with Gasteiger partial charge in [-0.15, -0.1) is 0 Å². The summed E-state index contributed by atoms with van der Waals surface area (Å²) in [6.07, 6.45) is 0. The highest BCUT2D eigenvalue weighted by atomic mass is 127. The Morgan fingerprint density at radius 1 is 0.868 bits per heavy atom. The number of thioether (sulfide) groups is 1. The lowest BCUT2D eigenvalue weighted by Gasteiger charge is -2.24. The quantitative estimate of drug-likeness (QED) is 0.139. The minimum absolute atomic E-state index is 0.447. The molecule has 1 aliphatic rings. The molecule has 0 saturated heterocycles. The van der Waals surface area contributed by atoms with E-state index in [1.807, 2.05) is 11.8 Å². The summed E-state index contributed by atoms with van der Waals surface area (Å²) >= 11 is 4.38. The smallest absolute Gasteiger partial charge is 0.324 e. The first-order chi connectivity index (χ1) is 18.2. The number of nitro groups is 3. The predicted octanol–water partition coefficient (Wildman–Crippen LogP) is 5.71. The van der Waals surface area contributed by atoms with Crippen LogP contribution in [0.3, 0.4) is 0 Å². The van der Waals surface area contributed by atoms with E-state index < -0.39 is 37.6 Å². The van der Waals surface area contributed by atoms with E-state index in [4.69, 9.17) is 10.1 Å². The summed E-state index contributed by atoms with van der Waals surface area (Å²) in [6, 6.07) is 22.2. The van der Waals surface area contributed by atoms with Gasteiger partial charge in [0.1, 0.15) is 0 Å². The summed E-state index contributed by atoms with van der Waals surface area (Å²) in [5.74, 6) is -1.21. The lowest BCUT2D eigenvalue weighted by Crippen LogP contribution is -2.27. The minimum Gasteiger partial charge on any atom is -0.497 e. The highest BCUT2D eigenvalue weighted by molar-refractivity contribution is 14.1. The third-order valence-corrected chi connectivity index (χ3v) is 8.14. The Labute approximate surface area is 235 Å². The molecule has 3 aromatic rings. The number of non-ortho nitro benzene ring substituents is 1. The number of nitro benzene ring substituents is 3. The second-order valence-corrected chi connectivity index (χ2v) is 10.1. The van der Waals surface area contributed by atoms with Crippen molar-refractivity contribution in [1.29, 1.82) is 0 Å². The topological polar surface area (TPSA) is 165 Å². The molecular formula is C24H22IN5O7S. The van der Waals surface area contributed by atoms with Gasteiger partial charge in [-0.05, 0) is 11.1 Å². The van der Waals surface area contributed by atoms with Crippen molar-refractivity contribution >= 4 is 56.6 Å². The van der Waals surface area contributed by atoms with Gasteiger partial charge in [-0.1, -0.05) is 95.0 Å². The minimum atomic E-state index is -1.21. The maximum Gasteiger partial charge on any atom is 0.324 e. The number of phenols is 1. The maximum atomic E-state index is 10.4. The molecule has 3 aromatic carbocycles. The molecule has 12 nitrogen and oxygen atoms in total. The van der Waals surface area contributed by atoms with Crippen LogP contribution in [-0.4, -0.2) is 46.2 Å². The number of hydrogen-bond donors (Lipinski definition) is 1. The van der Waals surface area contributed by atoms with E-state index in [2.05, 4.69) is 88.2 Å². The molecular weight excluding hydrogens is 629 g/mol. The van der Waals surface area contributed by atoms with Crippen molar-refractivity contribution in [3.05, 3.63) is 114 Å². The van der Waals surface area contributed by atoms with Crippen LogP contribution in [0.5, 0.6) is 5.75 Å². The van der Waals surface area contributed by atoms with Crippen LogP contribution in [0.4, 0.5) is 17.1 Å². The SMILES string of the molecule is ICC1CN=C(N(Cc2ccccc2)Cc2ccccc2)S1.O=[N+]([O-])c1cc([N+](=O)[O-])c(O)c([N+](=O)[O-])c1. The molecule has 0 aliphatic carbocycles. The highest BCUT2D eigenvalue weighted by Gasteiger charge is 2.30. The van der Waals surface area contributed by atoms with E-state index >= 15 is 0 Å². The molecule has 0 bridgehead atoms. The summed E-state index contributed by atoms with van der Waals surface area (Å²) in [5.41, 5.74) is -0.336. The third kappa shape index (κ3) is 7.85. The monoisotopic (exact) mass is 651 g/mol. The fraction of sp³-hybridized carbons (Fsp3) is 0.208. The lowest BCUT2D eigenvalue weighted by atomic mass is 10.2. The van der Waals surface area contributed by atoms with Gasteiger partial charge in [0.15, 0.2) is 5.17 Å². The average Bonchev–Trinajstić information content (AvgIpc) is 3.39. The fourth-order valence-corrected chi connectivity index (χ4v) is 5.19. The summed E-state index contributed by atoms with van der Waals surface area (Å²) in [7, 11) is 0. The van der Waals surface area contributed by atoms with Crippen LogP contribution in [0.2, 0.25) is 0 Å². The molecule has 1 heterocycles. The van der Waals surface area contributed by atoms with E-state index in [1.54, 1.807) is 0 Å². The number of halogens is 1. The largest absolute Gasteiger partial charge is 0.497 e. The van der Waals surface area contributed by atoms with Gasteiger partial charge in [0.25, 0.3) is 11.4 Å². The number of nitrogens with zero attached hydrogens (tertiary/aromatic N) is 5. The van der Waals surface area contributed by atoms with Crippen LogP contribution in [0, 0.1) is 30.3 Å². The second kappa shape index (κ2) is 13.7. The maximum absolute atomic E-state index is 10.4. The predicted molar refractivity (Wildman–Crippen MR) is 153 cm³/mol. The molecule has 0 radical (unpaired) electrons. The second-order valence-electron chi connectivity index (χ2n) is 7.95. The van der Waals surface area contributed by atoms with Gasteiger partial charge in [-0.3, -0.25) is 35.3 Å². The number of benzene rings is 3. The van der Waals surface area contributed by atoms with Crippen molar-refractivity contribution in [1.82, 2.24) is 4.90 Å². The van der Waals surface area contributed by atoms with Gasteiger partial charge in [-0.25, -0.2) is 0 Å². The van der Waals surface area contributed by atoms with E-state index in [9.17, 15) is 30.3 Å². The Hall–Kier alpha value is -3.79. The zero-order valence-electron chi connectivity index (χ0n) is 19.8. The Morgan fingerprint density at radius 3 is 1.71 bits per heavy atom. The van der Waals surface area contributed by atoms with Gasteiger partial charge < -0.3 is 10.0 Å². The van der Waals surface area contributed by atoms with Gasteiger partial charge in [0, 0.05) is 22.8 Å². The molecule has 38 heavy (non-hydrogen) atoms. The Kier molecular flexibility index (Phi) is 10.3. The molecule has 1 aliphatic heterocycles. The van der Waals surface area contributed by atoms with Crippen LogP contribution in [0.1, 0.15) is 11.1 Å². The number of aromatic hydroxyl groups is 1. The average molecular weight is 651 g/mol. The van der Waals surface area contributed by atoms with Crippen molar-refractivity contribution < 1.29 is 19.9 Å². The van der Waals surface area contributed by atoms with Gasteiger partial charge in [0.2, 0.25) is 0 Å².